The monoisotopic (exact) mass is 421 g/mol. The molecule has 8 nitrogen and oxygen atoms in total. The molecule has 0 spiro atoms. The molecule has 0 fully saturated rings. The normalized spacial score (nSPS) is 10.6. The zero-order chi connectivity index (χ0) is 22.1. The van der Waals surface area contributed by atoms with Gasteiger partial charge in [-0.3, -0.25) is 4.79 Å². The zero-order valence-electron chi connectivity index (χ0n) is 17.3. The lowest BCUT2D eigenvalue weighted by molar-refractivity contribution is -0.119. The second-order valence-electron chi connectivity index (χ2n) is 6.35. The number of furan rings is 1. The minimum Gasteiger partial charge on any atom is -0.495 e. The van der Waals surface area contributed by atoms with Crippen LogP contribution in [-0.4, -0.2) is 38.4 Å². The van der Waals surface area contributed by atoms with Gasteiger partial charge >= 0.3 is 5.97 Å². The quantitative estimate of drug-likeness (QED) is 0.310. The summed E-state index contributed by atoms with van der Waals surface area (Å²) in [4.78, 5) is 23.7. The van der Waals surface area contributed by atoms with E-state index in [1.54, 1.807) is 56.5 Å². The van der Waals surface area contributed by atoms with Crippen LogP contribution in [0.2, 0.25) is 0 Å². The van der Waals surface area contributed by atoms with Crippen molar-refractivity contribution in [2.24, 2.45) is 5.10 Å². The summed E-state index contributed by atoms with van der Waals surface area (Å²) in [7, 11) is 1.57. The van der Waals surface area contributed by atoms with Crippen LogP contribution in [0.1, 0.15) is 23.0 Å². The third-order valence-corrected chi connectivity index (χ3v) is 4.23. The summed E-state index contributed by atoms with van der Waals surface area (Å²) in [5.41, 5.74) is 4.43. The van der Waals surface area contributed by atoms with Crippen LogP contribution in [-0.2, 0) is 9.53 Å². The number of hydrogen-bond donors (Lipinski definition) is 2. The number of amides is 1. The Kier molecular flexibility index (Phi) is 7.42. The summed E-state index contributed by atoms with van der Waals surface area (Å²) < 4.78 is 15.9. The van der Waals surface area contributed by atoms with Crippen LogP contribution in [0.4, 0.5) is 5.69 Å². The molecule has 0 unspecified atom stereocenters. The first-order valence-electron chi connectivity index (χ1n) is 9.67. The van der Waals surface area contributed by atoms with Crippen LogP contribution in [0.3, 0.4) is 0 Å². The van der Waals surface area contributed by atoms with Crippen LogP contribution in [0.5, 0.6) is 5.75 Å². The molecule has 1 heterocycles. The Morgan fingerprint density at radius 1 is 1.06 bits per heavy atom. The summed E-state index contributed by atoms with van der Waals surface area (Å²) in [6, 6.07) is 17.7. The molecule has 2 aromatic carbocycles. The molecule has 0 saturated heterocycles. The molecule has 0 radical (unpaired) electrons. The van der Waals surface area contributed by atoms with Gasteiger partial charge in [0, 0.05) is 5.56 Å². The van der Waals surface area contributed by atoms with Crippen molar-refractivity contribution in [1.82, 2.24) is 5.43 Å². The molecule has 0 aliphatic heterocycles. The number of esters is 1. The Morgan fingerprint density at radius 3 is 2.58 bits per heavy atom. The van der Waals surface area contributed by atoms with Crippen LogP contribution in [0.25, 0.3) is 11.3 Å². The second-order valence-corrected chi connectivity index (χ2v) is 6.35. The van der Waals surface area contributed by atoms with Gasteiger partial charge in [0.1, 0.15) is 17.3 Å². The smallest absolute Gasteiger partial charge is 0.338 e. The lowest BCUT2D eigenvalue weighted by Crippen LogP contribution is -2.26. The van der Waals surface area contributed by atoms with Gasteiger partial charge < -0.3 is 19.2 Å². The summed E-state index contributed by atoms with van der Waals surface area (Å²) in [6.07, 6.45) is 1.41. The highest BCUT2D eigenvalue weighted by Crippen LogP contribution is 2.23. The molecule has 0 aliphatic carbocycles. The number of carbonyl (C=O) groups is 2. The van der Waals surface area contributed by atoms with Crippen LogP contribution in [0, 0.1) is 0 Å². The van der Waals surface area contributed by atoms with Crippen molar-refractivity contribution in [2.45, 2.75) is 6.92 Å². The van der Waals surface area contributed by atoms with Crippen LogP contribution in [0.15, 0.2) is 70.2 Å². The molecule has 0 bridgehead atoms. The van der Waals surface area contributed by atoms with E-state index in [9.17, 15) is 9.59 Å². The first-order valence-corrected chi connectivity index (χ1v) is 9.67. The maximum absolute atomic E-state index is 12.0. The average Bonchev–Trinajstić information content (AvgIpc) is 3.27. The van der Waals surface area contributed by atoms with Gasteiger partial charge in [-0.15, -0.1) is 0 Å². The van der Waals surface area contributed by atoms with Crippen LogP contribution >= 0.6 is 0 Å². The first-order chi connectivity index (χ1) is 15.1. The number of hydrazone groups is 1. The van der Waals surface area contributed by atoms with E-state index in [-0.39, 0.29) is 18.4 Å². The van der Waals surface area contributed by atoms with E-state index in [4.69, 9.17) is 13.9 Å². The fourth-order valence-corrected chi connectivity index (χ4v) is 2.74. The number of anilines is 1. The SMILES string of the molecule is CCOC(=O)c1ccc(-c2ccc(/C=N/NC(=O)CNc3ccccc3OC)o2)cc1. The second kappa shape index (κ2) is 10.6. The van der Waals surface area contributed by atoms with Gasteiger partial charge in [0.05, 0.1) is 37.7 Å². The van der Waals surface area contributed by atoms with E-state index in [2.05, 4.69) is 15.8 Å². The molecule has 0 atom stereocenters. The number of carbonyl (C=O) groups excluding carboxylic acids is 2. The summed E-state index contributed by atoms with van der Waals surface area (Å²) in [5, 5.41) is 6.90. The average molecular weight is 421 g/mol. The van der Waals surface area contributed by atoms with Gasteiger partial charge in [0.15, 0.2) is 0 Å². The molecule has 0 saturated carbocycles. The van der Waals surface area contributed by atoms with Crippen molar-refractivity contribution in [3.05, 3.63) is 72.0 Å². The zero-order valence-corrected chi connectivity index (χ0v) is 17.3. The summed E-state index contributed by atoms with van der Waals surface area (Å²) >= 11 is 0. The van der Waals surface area contributed by atoms with Crippen molar-refractivity contribution in [1.29, 1.82) is 0 Å². The largest absolute Gasteiger partial charge is 0.495 e. The van der Waals surface area contributed by atoms with E-state index in [1.807, 2.05) is 18.2 Å². The standard InChI is InChI=1S/C23H23N3O5/c1-3-30-23(28)17-10-8-16(9-11-17)20-13-12-18(31-20)14-25-26-22(27)15-24-19-6-4-5-7-21(19)29-2/h4-14,24H,3,15H2,1-2H3,(H,26,27)/b25-14+. The number of methoxy groups -OCH3 is 1. The van der Waals surface area contributed by atoms with Crippen LogP contribution < -0.4 is 15.5 Å². The Hall–Kier alpha value is -4.07. The number of hydrogen-bond acceptors (Lipinski definition) is 7. The first kappa shape index (κ1) is 21.6. The maximum atomic E-state index is 12.0. The number of nitrogens with zero attached hydrogens (tertiary/aromatic N) is 1. The number of benzene rings is 2. The fourth-order valence-electron chi connectivity index (χ4n) is 2.74. The van der Waals surface area contributed by atoms with Crippen molar-refractivity contribution >= 4 is 23.8 Å². The highest BCUT2D eigenvalue weighted by molar-refractivity contribution is 5.90. The van der Waals surface area contributed by atoms with Crippen molar-refractivity contribution in [2.75, 3.05) is 25.6 Å². The molecule has 1 amide bonds. The molecule has 31 heavy (non-hydrogen) atoms. The molecule has 2 N–H and O–H groups in total. The highest BCUT2D eigenvalue weighted by Gasteiger charge is 2.09. The Labute approximate surface area is 179 Å². The third-order valence-electron chi connectivity index (χ3n) is 4.23. The van der Waals surface area contributed by atoms with E-state index in [0.717, 1.165) is 5.56 Å². The van der Waals surface area contributed by atoms with Gasteiger partial charge in [0.2, 0.25) is 0 Å². The predicted octanol–water partition coefficient (Wildman–Crippen LogP) is 3.69. The van der Waals surface area contributed by atoms with Crippen molar-refractivity contribution < 1.29 is 23.5 Å². The minimum absolute atomic E-state index is 0.0356. The highest BCUT2D eigenvalue weighted by atomic mass is 16.5. The Morgan fingerprint density at radius 2 is 1.84 bits per heavy atom. The topological polar surface area (TPSA) is 102 Å². The van der Waals surface area contributed by atoms with E-state index in [1.165, 1.54) is 6.21 Å². The number of rotatable bonds is 9. The molecule has 1 aromatic heterocycles. The number of para-hydroxylation sites is 2. The van der Waals surface area contributed by atoms with Gasteiger partial charge in [0.25, 0.3) is 5.91 Å². The molecule has 160 valence electrons. The molecule has 0 aliphatic rings. The van der Waals surface area contributed by atoms with E-state index in [0.29, 0.717) is 35.1 Å². The summed E-state index contributed by atoms with van der Waals surface area (Å²) in [6.45, 7) is 2.13. The Balaban J connectivity index is 1.52. The number of ether oxygens (including phenoxy) is 2. The maximum Gasteiger partial charge on any atom is 0.338 e. The van der Waals surface area contributed by atoms with Crippen molar-refractivity contribution in [3.63, 3.8) is 0 Å². The molecule has 8 heteroatoms. The molecule has 3 rings (SSSR count). The van der Waals surface area contributed by atoms with Gasteiger partial charge in [-0.25, -0.2) is 10.2 Å². The molecular formula is C23H23N3O5. The minimum atomic E-state index is -0.364. The van der Waals surface area contributed by atoms with Gasteiger partial charge in [-0.2, -0.15) is 5.10 Å². The molecule has 3 aromatic rings. The third kappa shape index (κ3) is 5.96. The van der Waals surface area contributed by atoms with Gasteiger partial charge in [-0.05, 0) is 43.3 Å². The fraction of sp³-hybridized carbons (Fsp3) is 0.174. The lowest BCUT2D eigenvalue weighted by Gasteiger charge is -2.09. The van der Waals surface area contributed by atoms with E-state index >= 15 is 0 Å². The molecular weight excluding hydrogens is 398 g/mol. The number of nitrogens with one attached hydrogen (secondary N) is 2. The van der Waals surface area contributed by atoms with Crippen molar-refractivity contribution in [3.8, 4) is 17.1 Å². The van der Waals surface area contributed by atoms with Gasteiger partial charge in [-0.1, -0.05) is 24.3 Å². The lowest BCUT2D eigenvalue weighted by atomic mass is 10.1. The Bertz CT molecular complexity index is 1060. The summed E-state index contributed by atoms with van der Waals surface area (Å²) in [5.74, 6) is 1.06. The van der Waals surface area contributed by atoms with E-state index < -0.39 is 0 Å². The predicted molar refractivity (Wildman–Crippen MR) is 117 cm³/mol.